The molecule has 2 unspecified atom stereocenters. The molecule has 15 nitrogen and oxygen atoms in total. The second-order valence-electron chi connectivity index (χ2n) is 20.6. The van der Waals surface area contributed by atoms with Crippen molar-refractivity contribution in [2.75, 3.05) is 40.8 Å². The lowest BCUT2D eigenvalue weighted by Crippen LogP contribution is -2.61. The third-order valence-corrected chi connectivity index (χ3v) is 15.7. The molecule has 1 saturated carbocycles. The number of ketones is 3. The van der Waals surface area contributed by atoms with E-state index in [0.717, 1.165) is 18.4 Å². The number of amides is 1. The van der Waals surface area contributed by atoms with Gasteiger partial charge in [0.1, 0.15) is 36.8 Å². The number of aliphatic hydroxyl groups excluding tert-OH is 1. The Morgan fingerprint density at radius 2 is 1.62 bits per heavy atom. The fourth-order valence-electron chi connectivity index (χ4n) is 10.6. The summed E-state index contributed by atoms with van der Waals surface area (Å²) in [4.78, 5) is 72.3. The maximum Gasteiger partial charge on any atom is 0.350 e. The summed E-state index contributed by atoms with van der Waals surface area (Å²) >= 11 is 0. The van der Waals surface area contributed by atoms with Gasteiger partial charge in [-0.05, 0) is 107 Å². The van der Waals surface area contributed by atoms with E-state index in [4.69, 9.17) is 23.7 Å². The van der Waals surface area contributed by atoms with E-state index >= 15 is 0 Å². The van der Waals surface area contributed by atoms with Crippen molar-refractivity contribution in [1.29, 1.82) is 0 Å². The van der Waals surface area contributed by atoms with Crippen molar-refractivity contribution in [1.82, 2.24) is 10.2 Å². The minimum atomic E-state index is -2.43. The Morgan fingerprint density at radius 1 is 0.899 bits per heavy atom. The van der Waals surface area contributed by atoms with E-state index in [-0.39, 0.29) is 60.9 Å². The highest BCUT2D eigenvalue weighted by atomic mass is 31.1. The summed E-state index contributed by atoms with van der Waals surface area (Å²) in [5.41, 5.74) is 1.27. The van der Waals surface area contributed by atoms with Crippen LogP contribution in [0.5, 0.6) is 0 Å². The molecular weight excluding hydrogens is 904 g/mol. The first-order valence-electron chi connectivity index (χ1n) is 25.3. The maximum absolute atomic E-state index is 14.5. The number of hydrogen-bond donors (Lipinski definition) is 3. The molecule has 0 radical (unpaired) electrons. The highest BCUT2D eigenvalue weighted by molar-refractivity contribution is 7.43. The molecule has 2 saturated heterocycles. The molecule has 0 aromatic heterocycles. The van der Waals surface area contributed by atoms with Crippen LogP contribution >= 0.6 is 7.80 Å². The maximum atomic E-state index is 14.5. The highest BCUT2D eigenvalue weighted by Crippen LogP contribution is 2.38. The molecule has 3 heterocycles. The van der Waals surface area contributed by atoms with Crippen molar-refractivity contribution in [2.45, 2.75) is 180 Å². The van der Waals surface area contributed by atoms with Crippen LogP contribution in [0.3, 0.4) is 0 Å². The zero-order valence-corrected chi connectivity index (χ0v) is 44.1. The van der Waals surface area contributed by atoms with Crippen LogP contribution < -0.4 is 5.32 Å². The number of nitrogens with one attached hydrogen (secondary N) is 1. The van der Waals surface area contributed by atoms with Gasteiger partial charge in [-0.1, -0.05) is 75.6 Å². The number of cyclic esters (lactones) is 1. The molecule has 4 rings (SSSR count). The summed E-state index contributed by atoms with van der Waals surface area (Å²) < 4.78 is 41.7. The van der Waals surface area contributed by atoms with E-state index in [0.29, 0.717) is 63.2 Å². The van der Waals surface area contributed by atoms with Crippen molar-refractivity contribution in [2.24, 2.45) is 35.5 Å². The second kappa shape index (κ2) is 27.5. The van der Waals surface area contributed by atoms with Crippen LogP contribution in [0.4, 0.5) is 0 Å². The summed E-state index contributed by atoms with van der Waals surface area (Å²) in [6.07, 6.45) is 12.9. The number of esters is 1. The first-order chi connectivity index (χ1) is 32.6. The van der Waals surface area contributed by atoms with Crippen molar-refractivity contribution >= 4 is 37.0 Å². The minimum absolute atomic E-state index is 0.0161. The predicted molar refractivity (Wildman–Crippen MR) is 264 cm³/mol. The van der Waals surface area contributed by atoms with E-state index in [2.05, 4.69) is 5.32 Å². The molecule has 3 aliphatic heterocycles. The fraction of sp³-hybridized carbons (Fsp3) is 0.755. The monoisotopic (exact) mass is 988 g/mol. The van der Waals surface area contributed by atoms with Gasteiger partial charge < -0.3 is 38.8 Å². The Morgan fingerprint density at radius 3 is 2.29 bits per heavy atom. The Hall–Kier alpha value is -3.27. The Balaban J connectivity index is 1.70. The first kappa shape index (κ1) is 58.3. The van der Waals surface area contributed by atoms with Gasteiger partial charge >= 0.3 is 13.8 Å². The number of rotatable bonds is 9. The number of hydrogen-bond acceptors (Lipinski definition) is 14. The van der Waals surface area contributed by atoms with Crippen LogP contribution in [0.1, 0.15) is 126 Å². The molecule has 16 atom stereocenters. The number of aliphatic hydroxyl groups is 2. The van der Waals surface area contributed by atoms with E-state index in [9.17, 15) is 38.8 Å². The standard InChI is InChI=1S/C53H84N2O13P/c1-32-17-13-12-14-18-33(2)44(64-8)29-40-22-20-38(7)53(62,68-40)50(59)51(60)55-24-16-15-19-42(55)52(61)67-45(35(4)27-39-21-23-41(46(28-39)65-9)54-31-69(11)63)30-43(56)34(3)26-37(6)48(58)49(66-10)47(57)36(5)25-32/h12-14,17-18,26,32,34-36,38-42,44-46,48-49,54,58,62H,15-16,19-25,27-31H2,1-11H3/q+1/b14-12+,17-13+,33-18+,37-26+/t32-,34-,35-,36-,38-,39+,40+,41?,42+,44+,45+,46-,48-,49+,53-/m1/s1. The summed E-state index contributed by atoms with van der Waals surface area (Å²) in [7, 11) is 3.25. The number of ether oxygens (including phenoxy) is 5. The predicted octanol–water partition coefficient (Wildman–Crippen LogP) is 7.19. The molecule has 0 aromatic rings. The number of methoxy groups -OCH3 is 3. The number of allylic oxidation sites excluding steroid dienone is 6. The van der Waals surface area contributed by atoms with E-state index < -0.39 is 85.6 Å². The van der Waals surface area contributed by atoms with Crippen LogP contribution in [0.15, 0.2) is 47.6 Å². The zero-order valence-electron chi connectivity index (χ0n) is 43.2. The second-order valence-corrected chi connectivity index (χ2v) is 22.2. The Kier molecular flexibility index (Phi) is 23.3. The number of fused-ring (bicyclic) bond motifs is 3. The SMILES string of the molecule is CO[C@H]1C[C@@H]2CC[C@@H](C)[C@@](O)(O2)C(=O)C(=O)N2CCCC[C@H]2C(=O)O[C@H]([C@H](C)C[C@@H]2CCC(NC[P+](C)=O)[C@H](OC)C2)CC(=O)[C@H](C)/C=C(\C)[C@@H](O)[C@@H](OC)C(=O)[C@H](C)C[C@H](C)/C=C/C=C/C=C/1C. The van der Waals surface area contributed by atoms with Crippen LogP contribution in [0.2, 0.25) is 0 Å². The lowest BCUT2D eigenvalue weighted by Gasteiger charge is -2.42. The molecule has 16 heteroatoms. The number of Topliss-reactive ketones (excluding diaryl/α,β-unsaturated/α-hetero) is 3. The van der Waals surface area contributed by atoms with Gasteiger partial charge in [0.25, 0.3) is 11.7 Å². The van der Waals surface area contributed by atoms with Crippen LogP contribution in [0, 0.1) is 35.5 Å². The average Bonchev–Trinajstić information content (AvgIpc) is 3.32. The number of piperidine rings is 1. The molecule has 3 N–H and O–H groups in total. The molecule has 1 aliphatic carbocycles. The van der Waals surface area contributed by atoms with Gasteiger partial charge in [0.15, 0.2) is 12.1 Å². The van der Waals surface area contributed by atoms with Gasteiger partial charge in [0.05, 0.1) is 18.3 Å². The van der Waals surface area contributed by atoms with Crippen molar-refractivity contribution in [3.05, 3.63) is 47.6 Å². The molecule has 4 aliphatic rings. The van der Waals surface area contributed by atoms with Crippen LogP contribution in [-0.2, 0) is 52.2 Å². The van der Waals surface area contributed by atoms with E-state index in [1.165, 1.54) is 12.0 Å². The normalized spacial score (nSPS) is 39.0. The average molecular weight is 988 g/mol. The van der Waals surface area contributed by atoms with Gasteiger partial charge in [-0.2, -0.15) is 0 Å². The number of carbonyl (C=O) groups excluding carboxylic acids is 5. The van der Waals surface area contributed by atoms with Gasteiger partial charge in [-0.15, -0.1) is 0 Å². The largest absolute Gasteiger partial charge is 0.460 e. The molecule has 2 bridgehead atoms. The molecule has 388 valence electrons. The van der Waals surface area contributed by atoms with Crippen LogP contribution in [-0.4, -0.2) is 140 Å². The van der Waals surface area contributed by atoms with Gasteiger partial charge in [-0.25, -0.2) is 4.79 Å². The fourth-order valence-corrected chi connectivity index (χ4v) is 11.1. The van der Waals surface area contributed by atoms with E-state index in [1.807, 2.05) is 58.1 Å². The lowest BCUT2D eigenvalue weighted by atomic mass is 9.77. The quantitative estimate of drug-likeness (QED) is 0.0906. The first-order valence-corrected chi connectivity index (χ1v) is 27.1. The molecular formula is C53H84N2O13P+. The lowest BCUT2D eigenvalue weighted by molar-refractivity contribution is -0.265. The molecule has 0 aromatic carbocycles. The molecule has 0 spiro atoms. The Bertz CT molecular complexity index is 1900. The number of nitrogens with zero attached hydrogens (tertiary/aromatic N) is 1. The molecule has 1 amide bonds. The van der Waals surface area contributed by atoms with Crippen LogP contribution in [0.25, 0.3) is 0 Å². The summed E-state index contributed by atoms with van der Waals surface area (Å²) in [5.74, 6) is -7.91. The zero-order chi connectivity index (χ0) is 51.2. The summed E-state index contributed by atoms with van der Waals surface area (Å²) in [5, 5.41) is 26.9. The van der Waals surface area contributed by atoms with Gasteiger partial charge in [-0.3, -0.25) is 24.5 Å². The van der Waals surface area contributed by atoms with Crippen molar-refractivity contribution in [3.63, 3.8) is 0 Å². The third-order valence-electron chi connectivity index (χ3n) is 15.1. The number of carbonyl (C=O) groups is 5. The highest BCUT2D eigenvalue weighted by Gasteiger charge is 2.53. The summed E-state index contributed by atoms with van der Waals surface area (Å²) in [6.45, 7) is 14.5. The van der Waals surface area contributed by atoms with Crippen molar-refractivity contribution < 1.29 is 62.4 Å². The van der Waals surface area contributed by atoms with E-state index in [1.54, 1.807) is 47.7 Å². The smallest absolute Gasteiger partial charge is 0.350 e. The topological polar surface area (TPSA) is 204 Å². The van der Waals surface area contributed by atoms with Gasteiger partial charge in [0.2, 0.25) is 5.79 Å². The Labute approximate surface area is 412 Å². The van der Waals surface area contributed by atoms with Crippen molar-refractivity contribution in [3.8, 4) is 0 Å². The van der Waals surface area contributed by atoms with Gasteiger partial charge in [0, 0.05) is 64.5 Å². The molecule has 3 fully saturated rings. The summed E-state index contributed by atoms with van der Waals surface area (Å²) in [6, 6.07) is -1.11. The molecule has 69 heavy (non-hydrogen) atoms. The minimum Gasteiger partial charge on any atom is -0.460 e. The third kappa shape index (κ3) is 16.1.